The molecule has 0 aromatic heterocycles. The van der Waals surface area contributed by atoms with Crippen molar-refractivity contribution in [1.82, 2.24) is 0 Å². The van der Waals surface area contributed by atoms with Crippen LogP contribution in [0.1, 0.15) is 58.1 Å². The number of hydrogen-bond acceptors (Lipinski definition) is 0. The standard InChI is InChI=1S/C48H26.C15H14/c1-19-7-11-25-29-15-16-31-27-13-9-21(3)35-24(6)36-22(4)10-14-28-32-18-17-30-26-12-8-20(2)34-23(5)33(19)37(25)45(38(26)34)47-41(29)43(31)48(44(32)42(30)47)46(39(27)35)40(28)36;1-11-14-8-4-2-6-12(14)10-13-7-3-5-9-15(11)13/h7-18,41,43H,1-6H2;2-9,11H,10H2,1H3. The van der Waals surface area contributed by atoms with Gasteiger partial charge >= 0.3 is 0 Å². The van der Waals surface area contributed by atoms with E-state index in [4.69, 9.17) is 13.2 Å². The van der Waals surface area contributed by atoms with Gasteiger partial charge in [0.15, 0.2) is 0 Å². The van der Waals surface area contributed by atoms with E-state index in [0.717, 1.165) is 37.7 Å². The van der Waals surface area contributed by atoms with Gasteiger partial charge in [0.1, 0.15) is 0 Å². The van der Waals surface area contributed by atoms with E-state index in [9.17, 15) is 0 Å². The largest absolute Gasteiger partial charge is 0.0911 e. The lowest BCUT2D eigenvalue weighted by Crippen LogP contribution is -2.35. The minimum atomic E-state index is 0.190. The van der Waals surface area contributed by atoms with E-state index in [1.165, 1.54) is 141 Å². The lowest BCUT2D eigenvalue weighted by molar-refractivity contribution is 0.773. The molecule has 0 amide bonds. The highest BCUT2D eigenvalue weighted by atomic mass is 14.5. The van der Waals surface area contributed by atoms with Crippen LogP contribution in [0.25, 0.3) is 137 Å². The Morgan fingerprint density at radius 3 is 1.17 bits per heavy atom. The van der Waals surface area contributed by atoms with E-state index in [0.29, 0.717) is 5.92 Å². The summed E-state index contributed by atoms with van der Waals surface area (Å²) in [6.07, 6.45) is 5.96. The zero-order chi connectivity index (χ0) is 42.1. The predicted octanol–water partition coefficient (Wildman–Crippen LogP) is 9.63. The third kappa shape index (κ3) is 3.73. The molecule has 11 aromatic carbocycles. The van der Waals surface area contributed by atoms with Crippen molar-refractivity contribution in [3.05, 3.63) is 196 Å². The maximum Gasteiger partial charge on any atom is 0.0218 e. The van der Waals surface area contributed by atoms with Gasteiger partial charge in [-0.1, -0.05) is 168 Å². The second-order valence-electron chi connectivity index (χ2n) is 19.0. The first-order chi connectivity index (χ1) is 30.7. The van der Waals surface area contributed by atoms with Gasteiger partial charge in [-0.05, 0) is 179 Å². The van der Waals surface area contributed by atoms with Crippen molar-refractivity contribution in [3.63, 3.8) is 0 Å². The maximum atomic E-state index is 4.73. The molecule has 292 valence electrons. The monoisotopic (exact) mass is 796 g/mol. The number of hydrogen-bond donors (Lipinski definition) is 0. The summed E-state index contributed by atoms with van der Waals surface area (Å²) in [4.78, 5) is 0. The fourth-order valence-electron chi connectivity index (χ4n) is 14.0. The van der Waals surface area contributed by atoms with Crippen LogP contribution in [0.5, 0.6) is 0 Å². The van der Waals surface area contributed by atoms with Gasteiger partial charge in [-0.15, -0.1) is 0 Å². The summed E-state index contributed by atoms with van der Waals surface area (Å²) in [5, 5.41) is 29.7. The highest BCUT2D eigenvalue weighted by molar-refractivity contribution is 6.40. The number of rotatable bonds is 0. The molecule has 0 aliphatic heterocycles. The summed E-state index contributed by atoms with van der Waals surface area (Å²) in [7, 11) is 0. The molecule has 0 fully saturated rings. The minimum Gasteiger partial charge on any atom is -0.0911 e. The number of fused-ring (bicyclic) bond motifs is 4. The molecule has 0 saturated heterocycles. The van der Waals surface area contributed by atoms with Gasteiger partial charge in [-0.25, -0.2) is 0 Å². The molecule has 0 bridgehead atoms. The first-order valence-electron chi connectivity index (χ1n) is 22.3. The Balaban J connectivity index is 0.000000210. The van der Waals surface area contributed by atoms with E-state index in [-0.39, 0.29) is 11.8 Å². The molecule has 0 saturated carbocycles. The average Bonchev–Trinajstić information content (AvgIpc) is 3.30. The Hall–Kier alpha value is -7.54. The zero-order valence-corrected chi connectivity index (χ0v) is 35.2. The molecule has 63 heavy (non-hydrogen) atoms. The van der Waals surface area contributed by atoms with Crippen molar-refractivity contribution in [2.75, 3.05) is 0 Å². The summed E-state index contributed by atoms with van der Waals surface area (Å²) in [6, 6.07) is 40.5. The lowest BCUT2D eigenvalue weighted by atomic mass is 9.58. The van der Waals surface area contributed by atoms with Crippen molar-refractivity contribution >= 4 is 137 Å². The van der Waals surface area contributed by atoms with Gasteiger partial charge in [0.25, 0.3) is 0 Å². The van der Waals surface area contributed by atoms with Crippen LogP contribution in [0.15, 0.2) is 121 Å². The Morgan fingerprint density at radius 1 is 0.365 bits per heavy atom. The molecular formula is C63H40. The topological polar surface area (TPSA) is 0 Å². The second-order valence-corrected chi connectivity index (χ2v) is 19.0. The van der Waals surface area contributed by atoms with E-state index in [1.807, 2.05) is 0 Å². The smallest absolute Gasteiger partial charge is 0.0218 e. The molecule has 0 N–H and O–H groups in total. The molecule has 11 aromatic rings. The molecular weight excluding hydrogens is 757 g/mol. The van der Waals surface area contributed by atoms with Crippen LogP contribution >= 0.6 is 0 Å². The third-order valence-corrected chi connectivity index (χ3v) is 16.4. The van der Waals surface area contributed by atoms with Crippen LogP contribution in [0.2, 0.25) is 0 Å². The van der Waals surface area contributed by atoms with Crippen LogP contribution in [0.3, 0.4) is 0 Å². The molecule has 0 spiro atoms. The molecule has 0 nitrogen and oxygen atoms in total. The van der Waals surface area contributed by atoms with E-state index in [2.05, 4.69) is 155 Å². The summed E-state index contributed by atoms with van der Waals surface area (Å²) >= 11 is 0. The first-order valence-corrected chi connectivity index (χ1v) is 22.3. The molecule has 0 heterocycles. The van der Waals surface area contributed by atoms with Crippen molar-refractivity contribution in [1.29, 1.82) is 0 Å². The van der Waals surface area contributed by atoms with Crippen LogP contribution in [0, 0.1) is 0 Å². The quantitative estimate of drug-likeness (QED) is 0.106. The van der Waals surface area contributed by atoms with Gasteiger partial charge in [0, 0.05) is 17.8 Å². The molecule has 5 aliphatic carbocycles. The first kappa shape index (κ1) is 34.1. The summed E-state index contributed by atoms with van der Waals surface area (Å²) in [5.74, 6) is 0.927. The van der Waals surface area contributed by atoms with Crippen molar-refractivity contribution in [2.45, 2.75) is 31.1 Å². The molecule has 2 atom stereocenters. The SMILES string of the molecule is C=c1ccc2c3c1c(=C)c1c(=C)ccc4c5ccc6c7ccc(=C)c8c(=C)c9c(=C)ccc%10c9c(c9c6c5c(c3c14)C1C=2C=CC=%10C91)c87.CC1c2ccccc2Cc2ccccc21. The highest BCUT2D eigenvalue weighted by Crippen LogP contribution is 2.62. The Labute approximate surface area is 362 Å². The summed E-state index contributed by atoms with van der Waals surface area (Å²) in [5.41, 5.74) is 11.8. The summed E-state index contributed by atoms with van der Waals surface area (Å²) < 4.78 is 0. The zero-order valence-electron chi connectivity index (χ0n) is 35.2. The molecule has 0 radical (unpaired) electrons. The second kappa shape index (κ2) is 11.1. The average molecular weight is 797 g/mol. The predicted molar refractivity (Wildman–Crippen MR) is 272 cm³/mol. The van der Waals surface area contributed by atoms with Gasteiger partial charge in [-0.2, -0.15) is 0 Å². The van der Waals surface area contributed by atoms with Gasteiger partial charge in [0.2, 0.25) is 0 Å². The number of benzene rings is 11. The van der Waals surface area contributed by atoms with Crippen LogP contribution in [-0.2, 0) is 6.42 Å². The highest BCUT2D eigenvalue weighted by Gasteiger charge is 2.45. The third-order valence-electron chi connectivity index (χ3n) is 16.4. The van der Waals surface area contributed by atoms with E-state index >= 15 is 0 Å². The van der Waals surface area contributed by atoms with Gasteiger partial charge in [-0.3, -0.25) is 0 Å². The van der Waals surface area contributed by atoms with Crippen LogP contribution in [-0.4, -0.2) is 0 Å². The number of allylic oxidation sites excluding steroid dienone is 2. The Morgan fingerprint density at radius 2 is 0.730 bits per heavy atom. The fraction of sp³-hybridized carbons (Fsp3) is 0.0794. The van der Waals surface area contributed by atoms with Crippen LogP contribution < -0.4 is 41.7 Å². The molecule has 16 rings (SSSR count). The molecule has 0 heteroatoms. The Bertz CT molecular complexity index is 4360. The fourth-order valence-corrected chi connectivity index (χ4v) is 14.0. The lowest BCUT2D eigenvalue weighted by Gasteiger charge is -2.44. The molecule has 2 unspecified atom stereocenters. The van der Waals surface area contributed by atoms with E-state index < -0.39 is 0 Å². The maximum absolute atomic E-state index is 4.73. The minimum absolute atomic E-state index is 0.190. The van der Waals surface area contributed by atoms with E-state index in [1.54, 1.807) is 0 Å². The van der Waals surface area contributed by atoms with Gasteiger partial charge in [0.05, 0.1) is 0 Å². The van der Waals surface area contributed by atoms with Gasteiger partial charge < -0.3 is 0 Å². The van der Waals surface area contributed by atoms with Crippen molar-refractivity contribution < 1.29 is 0 Å². The van der Waals surface area contributed by atoms with Crippen molar-refractivity contribution in [2.24, 2.45) is 0 Å². The van der Waals surface area contributed by atoms with Crippen molar-refractivity contribution in [3.8, 4) is 0 Å². The van der Waals surface area contributed by atoms with Crippen LogP contribution in [0.4, 0.5) is 0 Å². The Kier molecular flexibility index (Phi) is 6.00. The molecule has 5 aliphatic rings. The normalized spacial score (nSPS) is 17.4. The summed E-state index contributed by atoms with van der Waals surface area (Å²) in [6.45, 7) is 30.0.